The van der Waals surface area contributed by atoms with E-state index < -0.39 is 5.97 Å². The number of carbonyl (C=O) groups is 1. The Morgan fingerprint density at radius 1 is 0.962 bits per heavy atom. The van der Waals surface area contributed by atoms with Crippen molar-refractivity contribution in [2.75, 3.05) is 67.1 Å². The van der Waals surface area contributed by atoms with Gasteiger partial charge in [0.1, 0.15) is 18.9 Å². The summed E-state index contributed by atoms with van der Waals surface area (Å²) >= 11 is 0. The van der Waals surface area contributed by atoms with Crippen LogP contribution in [0.25, 0.3) is 0 Å². The first-order valence-electron chi connectivity index (χ1n) is 8.56. The number of aromatic nitrogens is 2. The molecular weight excluding hydrogens is 344 g/mol. The van der Waals surface area contributed by atoms with Gasteiger partial charge in [0.15, 0.2) is 0 Å². The summed E-state index contributed by atoms with van der Waals surface area (Å²) in [5, 5.41) is 8.89. The first-order valence-corrected chi connectivity index (χ1v) is 8.56. The quantitative estimate of drug-likeness (QED) is 0.307. The fraction of sp³-hybridized carbons (Fsp3) is 0.765. The number of hydrogen-bond acceptors (Lipinski definition) is 7. The Hall–Kier alpha value is -1.52. The van der Waals surface area contributed by atoms with Crippen molar-refractivity contribution in [1.29, 1.82) is 0 Å². The predicted octanol–water partition coefficient (Wildman–Crippen LogP) is -1.06. The smallest absolute Gasteiger partial charge is 0.256 e. The van der Waals surface area contributed by atoms with Gasteiger partial charge in [0, 0.05) is 20.2 Å². The molecule has 152 valence electrons. The fourth-order valence-corrected chi connectivity index (χ4v) is 1.86. The molecule has 0 saturated carbocycles. The highest BCUT2D eigenvalue weighted by molar-refractivity contribution is 5.60. The standard InChI is InChI=1S/C15H28N2O5.C2H4O2/c1-18-9-11-20-7-3-15-16-4-5-17(15)6-8-21-13-14-22-12-10-19-2;1-2(3)4/h4-5H,3,6-14H2,1-2H3;1H3,(H,3,4). The molecule has 1 heterocycles. The third-order valence-electron chi connectivity index (χ3n) is 3.05. The van der Waals surface area contributed by atoms with Gasteiger partial charge < -0.3 is 33.6 Å². The number of rotatable bonds is 15. The third kappa shape index (κ3) is 16.0. The summed E-state index contributed by atoms with van der Waals surface area (Å²) in [7, 11) is 3.33. The summed E-state index contributed by atoms with van der Waals surface area (Å²) in [6.07, 6.45) is 4.79. The SMILES string of the molecule is CC(=O)[O-].COCCOCCOCC[n+]1cc[nH]c1CCOCCOC. The summed E-state index contributed by atoms with van der Waals surface area (Å²) in [5.74, 6) is 0.0531. The first-order chi connectivity index (χ1) is 12.6. The second kappa shape index (κ2) is 18.3. The summed E-state index contributed by atoms with van der Waals surface area (Å²) < 4.78 is 28.3. The molecule has 0 aliphatic carbocycles. The van der Waals surface area contributed by atoms with Gasteiger partial charge in [-0.15, -0.1) is 0 Å². The van der Waals surface area contributed by atoms with Crippen LogP contribution in [0.3, 0.4) is 0 Å². The maximum Gasteiger partial charge on any atom is 0.256 e. The van der Waals surface area contributed by atoms with Gasteiger partial charge in [0.2, 0.25) is 0 Å². The molecule has 1 aromatic rings. The molecule has 0 unspecified atom stereocenters. The number of carboxylic acid groups (broad SMARTS) is 1. The van der Waals surface area contributed by atoms with Crippen LogP contribution in [0.2, 0.25) is 0 Å². The Morgan fingerprint density at radius 3 is 2.04 bits per heavy atom. The lowest BCUT2D eigenvalue weighted by Gasteiger charge is -2.05. The largest absolute Gasteiger partial charge is 0.550 e. The van der Waals surface area contributed by atoms with Gasteiger partial charge in [-0.25, -0.2) is 9.55 Å². The lowest BCUT2D eigenvalue weighted by molar-refractivity contribution is -0.704. The summed E-state index contributed by atoms with van der Waals surface area (Å²) in [4.78, 5) is 12.1. The average molecular weight is 376 g/mol. The number of ether oxygens (including phenoxy) is 5. The molecule has 0 saturated heterocycles. The Balaban J connectivity index is 0.00000141. The molecule has 9 heteroatoms. The molecule has 0 fully saturated rings. The van der Waals surface area contributed by atoms with Crippen LogP contribution in [-0.4, -0.2) is 78.0 Å². The number of nitrogens with one attached hydrogen (secondary N) is 1. The van der Waals surface area contributed by atoms with E-state index in [-0.39, 0.29) is 0 Å². The molecule has 1 rings (SSSR count). The topological polar surface area (TPSA) is 106 Å². The van der Waals surface area contributed by atoms with Gasteiger partial charge >= 0.3 is 0 Å². The van der Waals surface area contributed by atoms with Crippen molar-refractivity contribution in [1.82, 2.24) is 4.98 Å². The molecule has 26 heavy (non-hydrogen) atoms. The molecule has 1 N–H and O–H groups in total. The lowest BCUT2D eigenvalue weighted by atomic mass is 10.4. The number of methoxy groups -OCH3 is 2. The Kier molecular flexibility index (Phi) is 17.2. The molecule has 1 aromatic heterocycles. The highest BCUT2D eigenvalue weighted by Crippen LogP contribution is 1.91. The highest BCUT2D eigenvalue weighted by Gasteiger charge is 2.09. The zero-order valence-electron chi connectivity index (χ0n) is 16.0. The van der Waals surface area contributed by atoms with E-state index in [2.05, 4.69) is 9.55 Å². The predicted molar refractivity (Wildman–Crippen MR) is 91.6 cm³/mol. The third-order valence-corrected chi connectivity index (χ3v) is 3.05. The van der Waals surface area contributed by atoms with Gasteiger partial charge in [0.25, 0.3) is 5.82 Å². The van der Waals surface area contributed by atoms with Gasteiger partial charge in [-0.05, 0) is 6.92 Å². The summed E-state index contributed by atoms with van der Waals surface area (Å²) in [6, 6.07) is 0. The van der Waals surface area contributed by atoms with E-state index in [1.165, 1.54) is 0 Å². The van der Waals surface area contributed by atoms with Crippen LogP contribution in [0.5, 0.6) is 0 Å². The zero-order valence-corrected chi connectivity index (χ0v) is 16.0. The molecule has 0 amide bonds. The second-order valence-corrected chi connectivity index (χ2v) is 5.16. The van der Waals surface area contributed by atoms with Crippen molar-refractivity contribution in [3.8, 4) is 0 Å². The van der Waals surface area contributed by atoms with E-state index in [9.17, 15) is 0 Å². The molecule has 0 aliphatic heterocycles. The van der Waals surface area contributed by atoms with Gasteiger partial charge in [-0.2, -0.15) is 0 Å². The number of imidazole rings is 1. The molecule has 0 radical (unpaired) electrons. The van der Waals surface area contributed by atoms with E-state index in [1.54, 1.807) is 14.2 Å². The summed E-state index contributed by atoms with van der Waals surface area (Å²) in [6.45, 7) is 6.81. The number of carbonyl (C=O) groups excluding carboxylic acids is 1. The van der Waals surface area contributed by atoms with Crippen molar-refractivity contribution >= 4 is 5.97 Å². The molecular formula is C17H32N2O7. The average Bonchev–Trinajstić information content (AvgIpc) is 3.04. The van der Waals surface area contributed by atoms with E-state index in [1.807, 2.05) is 12.4 Å². The summed E-state index contributed by atoms with van der Waals surface area (Å²) in [5.41, 5.74) is 0. The maximum atomic E-state index is 8.89. The van der Waals surface area contributed by atoms with Crippen LogP contribution in [0.1, 0.15) is 12.7 Å². The highest BCUT2D eigenvalue weighted by atomic mass is 16.5. The van der Waals surface area contributed by atoms with Crippen LogP contribution < -0.4 is 9.67 Å². The van der Waals surface area contributed by atoms with Crippen LogP contribution >= 0.6 is 0 Å². The minimum atomic E-state index is -1.08. The van der Waals surface area contributed by atoms with Crippen molar-refractivity contribution in [3.63, 3.8) is 0 Å². The molecule has 0 atom stereocenters. The number of carboxylic acids is 1. The van der Waals surface area contributed by atoms with E-state index >= 15 is 0 Å². The minimum Gasteiger partial charge on any atom is -0.550 e. The van der Waals surface area contributed by atoms with E-state index in [4.69, 9.17) is 33.6 Å². The van der Waals surface area contributed by atoms with Crippen molar-refractivity contribution < 1.29 is 38.2 Å². The molecule has 0 aromatic carbocycles. The molecule has 0 bridgehead atoms. The van der Waals surface area contributed by atoms with Gasteiger partial charge in [-0.3, -0.25) is 0 Å². The van der Waals surface area contributed by atoms with E-state index in [0.29, 0.717) is 52.9 Å². The van der Waals surface area contributed by atoms with Crippen LogP contribution in [0, 0.1) is 0 Å². The minimum absolute atomic E-state index is 0.599. The van der Waals surface area contributed by atoms with Gasteiger partial charge in [-0.1, -0.05) is 0 Å². The van der Waals surface area contributed by atoms with Crippen molar-refractivity contribution in [2.45, 2.75) is 19.9 Å². The van der Waals surface area contributed by atoms with E-state index in [0.717, 1.165) is 25.7 Å². The van der Waals surface area contributed by atoms with Crippen molar-refractivity contribution in [2.24, 2.45) is 0 Å². The van der Waals surface area contributed by atoms with Crippen LogP contribution in [0.15, 0.2) is 12.4 Å². The van der Waals surface area contributed by atoms with Crippen LogP contribution in [0.4, 0.5) is 0 Å². The monoisotopic (exact) mass is 376 g/mol. The first kappa shape index (κ1) is 24.5. The number of nitrogens with zero attached hydrogens (tertiary/aromatic N) is 1. The number of hydrogen-bond donors (Lipinski definition) is 1. The van der Waals surface area contributed by atoms with Gasteiger partial charge in [0.05, 0.1) is 59.3 Å². The Bertz CT molecular complexity index is 437. The number of aromatic amines is 1. The zero-order chi connectivity index (χ0) is 19.5. The second-order valence-electron chi connectivity index (χ2n) is 5.16. The Labute approximate surface area is 155 Å². The van der Waals surface area contributed by atoms with Crippen LogP contribution in [-0.2, 0) is 41.4 Å². The fourth-order valence-electron chi connectivity index (χ4n) is 1.86. The normalized spacial score (nSPS) is 10.4. The lowest BCUT2D eigenvalue weighted by Crippen LogP contribution is -2.39. The number of H-pyrrole nitrogens is 1. The maximum absolute atomic E-state index is 8.89. The molecule has 0 spiro atoms. The Morgan fingerprint density at radius 2 is 1.46 bits per heavy atom. The molecule has 9 nitrogen and oxygen atoms in total. The molecule has 0 aliphatic rings. The van der Waals surface area contributed by atoms with Crippen molar-refractivity contribution in [3.05, 3.63) is 18.2 Å². The number of aliphatic carboxylic acids is 1.